The number of hydrogen-bond donors (Lipinski definition) is 2. The summed E-state index contributed by atoms with van der Waals surface area (Å²) in [6, 6.07) is 3.24. The largest absolute Gasteiger partial charge is 0.381 e. The standard InChI is InChI=1S/C11H14BrN5O2S/c1-2-5-17-7-9(11(13)15-17)20(18,19)16-8-3-4-10(12)14-6-8/h3-4,6-7,16H,2,5H2,1H3,(H2,13,15). The predicted molar refractivity (Wildman–Crippen MR) is 79.7 cm³/mol. The summed E-state index contributed by atoms with van der Waals surface area (Å²) < 4.78 is 29.0. The van der Waals surface area contributed by atoms with Gasteiger partial charge in [-0.15, -0.1) is 0 Å². The Bertz CT molecular complexity index is 696. The maximum absolute atomic E-state index is 12.2. The Kier molecular flexibility index (Phi) is 4.29. The zero-order valence-electron chi connectivity index (χ0n) is 10.7. The molecule has 3 N–H and O–H groups in total. The fraction of sp³-hybridized carbons (Fsp3) is 0.273. The van der Waals surface area contributed by atoms with Crippen molar-refractivity contribution in [3.8, 4) is 0 Å². The van der Waals surface area contributed by atoms with Gasteiger partial charge in [-0.2, -0.15) is 5.10 Å². The second-order valence-electron chi connectivity index (χ2n) is 4.12. The number of rotatable bonds is 5. The van der Waals surface area contributed by atoms with Crippen molar-refractivity contribution >= 4 is 37.5 Å². The third-order valence-corrected chi connectivity index (χ3v) is 4.34. The van der Waals surface area contributed by atoms with Gasteiger partial charge < -0.3 is 5.73 Å². The number of aromatic nitrogens is 3. The summed E-state index contributed by atoms with van der Waals surface area (Å²) in [6.07, 6.45) is 3.67. The summed E-state index contributed by atoms with van der Waals surface area (Å²) in [7, 11) is -3.77. The first kappa shape index (κ1) is 14.8. The van der Waals surface area contributed by atoms with Crippen LogP contribution in [-0.2, 0) is 16.6 Å². The molecule has 2 rings (SSSR count). The average Bonchev–Trinajstić information content (AvgIpc) is 2.74. The smallest absolute Gasteiger partial charge is 0.267 e. The third kappa shape index (κ3) is 3.28. The van der Waals surface area contributed by atoms with E-state index < -0.39 is 10.0 Å². The lowest BCUT2D eigenvalue weighted by Crippen LogP contribution is -2.14. The first-order valence-electron chi connectivity index (χ1n) is 5.89. The lowest BCUT2D eigenvalue weighted by molar-refractivity contribution is 0.595. The van der Waals surface area contributed by atoms with Crippen LogP contribution in [0.4, 0.5) is 11.5 Å². The zero-order valence-corrected chi connectivity index (χ0v) is 13.1. The van der Waals surface area contributed by atoms with Gasteiger partial charge in [-0.1, -0.05) is 6.92 Å². The van der Waals surface area contributed by atoms with E-state index in [0.29, 0.717) is 16.8 Å². The number of nitrogens with two attached hydrogens (primary N) is 1. The van der Waals surface area contributed by atoms with E-state index in [1.165, 1.54) is 17.1 Å². The number of halogens is 1. The second kappa shape index (κ2) is 5.80. The summed E-state index contributed by atoms with van der Waals surface area (Å²) >= 11 is 3.18. The summed E-state index contributed by atoms with van der Waals surface area (Å²) in [4.78, 5) is 3.92. The van der Waals surface area contributed by atoms with Crippen LogP contribution < -0.4 is 10.5 Å². The van der Waals surface area contributed by atoms with E-state index in [-0.39, 0.29) is 10.7 Å². The molecule has 0 amide bonds. The molecule has 7 nitrogen and oxygen atoms in total. The topological polar surface area (TPSA) is 103 Å². The second-order valence-corrected chi connectivity index (χ2v) is 6.58. The first-order valence-corrected chi connectivity index (χ1v) is 8.17. The quantitative estimate of drug-likeness (QED) is 0.792. The van der Waals surface area contributed by atoms with Crippen LogP contribution in [-0.4, -0.2) is 23.2 Å². The molecule has 0 aromatic carbocycles. The molecule has 20 heavy (non-hydrogen) atoms. The van der Waals surface area contributed by atoms with Gasteiger partial charge in [-0.05, 0) is 34.5 Å². The Morgan fingerprint density at radius 2 is 2.20 bits per heavy atom. The summed E-state index contributed by atoms with van der Waals surface area (Å²) in [6.45, 7) is 2.58. The third-order valence-electron chi connectivity index (χ3n) is 2.48. The highest BCUT2D eigenvalue weighted by atomic mass is 79.9. The van der Waals surface area contributed by atoms with Crippen molar-refractivity contribution in [1.29, 1.82) is 0 Å². The van der Waals surface area contributed by atoms with Crippen molar-refractivity contribution in [2.45, 2.75) is 24.8 Å². The molecule has 0 fully saturated rings. The van der Waals surface area contributed by atoms with Gasteiger partial charge in [0.25, 0.3) is 10.0 Å². The number of hydrogen-bond acceptors (Lipinski definition) is 5. The van der Waals surface area contributed by atoms with E-state index in [4.69, 9.17) is 5.73 Å². The Hall–Kier alpha value is -1.61. The van der Waals surface area contributed by atoms with Crippen molar-refractivity contribution in [3.63, 3.8) is 0 Å². The van der Waals surface area contributed by atoms with E-state index >= 15 is 0 Å². The van der Waals surface area contributed by atoms with Crippen LogP contribution in [0.1, 0.15) is 13.3 Å². The molecular weight excluding hydrogens is 346 g/mol. The molecular formula is C11H14BrN5O2S. The summed E-state index contributed by atoms with van der Waals surface area (Å²) in [5.41, 5.74) is 6.02. The predicted octanol–water partition coefficient (Wildman–Crippen LogP) is 1.83. The van der Waals surface area contributed by atoms with Crippen molar-refractivity contribution in [3.05, 3.63) is 29.1 Å². The minimum Gasteiger partial charge on any atom is -0.381 e. The van der Waals surface area contributed by atoms with Crippen LogP contribution in [0.2, 0.25) is 0 Å². The van der Waals surface area contributed by atoms with Crippen molar-refractivity contribution in [2.24, 2.45) is 0 Å². The lowest BCUT2D eigenvalue weighted by Gasteiger charge is -2.06. The Labute approximate surface area is 125 Å². The number of nitrogens with zero attached hydrogens (tertiary/aromatic N) is 3. The van der Waals surface area contributed by atoms with E-state index in [9.17, 15) is 8.42 Å². The van der Waals surface area contributed by atoms with Gasteiger partial charge in [0.15, 0.2) is 5.82 Å². The van der Waals surface area contributed by atoms with Crippen LogP contribution >= 0.6 is 15.9 Å². The van der Waals surface area contributed by atoms with E-state index in [0.717, 1.165) is 6.42 Å². The molecule has 0 spiro atoms. The fourth-order valence-electron chi connectivity index (χ4n) is 1.62. The lowest BCUT2D eigenvalue weighted by atomic mass is 10.4. The number of nitrogens with one attached hydrogen (secondary N) is 1. The number of aryl methyl sites for hydroxylation is 1. The Balaban J connectivity index is 2.28. The highest BCUT2D eigenvalue weighted by molar-refractivity contribution is 9.10. The van der Waals surface area contributed by atoms with Crippen LogP contribution in [0, 0.1) is 0 Å². The molecule has 2 heterocycles. The molecule has 0 aliphatic rings. The fourth-order valence-corrected chi connectivity index (χ4v) is 2.97. The summed E-state index contributed by atoms with van der Waals surface area (Å²) in [5.74, 6) is -0.0176. The van der Waals surface area contributed by atoms with Gasteiger partial charge in [-0.25, -0.2) is 13.4 Å². The van der Waals surface area contributed by atoms with Gasteiger partial charge in [0, 0.05) is 12.7 Å². The molecule has 0 bridgehead atoms. The molecule has 0 atom stereocenters. The molecule has 0 radical (unpaired) electrons. The van der Waals surface area contributed by atoms with E-state index in [2.05, 4.69) is 30.7 Å². The minimum atomic E-state index is -3.77. The number of anilines is 2. The molecule has 0 aliphatic heterocycles. The zero-order chi connectivity index (χ0) is 14.8. The van der Waals surface area contributed by atoms with Crippen LogP contribution in [0.5, 0.6) is 0 Å². The van der Waals surface area contributed by atoms with E-state index in [1.807, 2.05) is 6.92 Å². The van der Waals surface area contributed by atoms with Gasteiger partial charge in [-0.3, -0.25) is 9.40 Å². The SMILES string of the molecule is CCCn1cc(S(=O)(=O)Nc2ccc(Br)nc2)c(N)n1. The van der Waals surface area contributed by atoms with Gasteiger partial charge in [0.05, 0.1) is 11.9 Å². The molecule has 2 aromatic heterocycles. The normalized spacial score (nSPS) is 11.5. The number of nitrogen functional groups attached to an aromatic ring is 1. The van der Waals surface area contributed by atoms with Crippen LogP contribution in [0.25, 0.3) is 0 Å². The van der Waals surface area contributed by atoms with Gasteiger partial charge in [0.1, 0.15) is 9.50 Å². The monoisotopic (exact) mass is 359 g/mol. The van der Waals surface area contributed by atoms with Gasteiger partial charge >= 0.3 is 0 Å². The molecule has 0 aliphatic carbocycles. The van der Waals surface area contributed by atoms with Crippen molar-refractivity contribution in [2.75, 3.05) is 10.5 Å². The molecule has 2 aromatic rings. The van der Waals surface area contributed by atoms with Crippen LogP contribution in [0.3, 0.4) is 0 Å². The average molecular weight is 360 g/mol. The Morgan fingerprint density at radius 3 is 2.80 bits per heavy atom. The molecule has 0 saturated carbocycles. The Morgan fingerprint density at radius 1 is 1.45 bits per heavy atom. The number of pyridine rings is 1. The van der Waals surface area contributed by atoms with Gasteiger partial charge in [0.2, 0.25) is 0 Å². The number of sulfonamides is 1. The molecule has 0 saturated heterocycles. The summed E-state index contributed by atoms with van der Waals surface area (Å²) in [5, 5.41) is 3.97. The highest BCUT2D eigenvalue weighted by Gasteiger charge is 2.21. The minimum absolute atomic E-state index is 0.0176. The van der Waals surface area contributed by atoms with Crippen molar-refractivity contribution in [1.82, 2.24) is 14.8 Å². The first-order chi connectivity index (χ1) is 9.42. The van der Waals surface area contributed by atoms with Crippen molar-refractivity contribution < 1.29 is 8.42 Å². The molecule has 0 unspecified atom stereocenters. The molecule has 108 valence electrons. The maximum Gasteiger partial charge on any atom is 0.267 e. The maximum atomic E-state index is 12.2. The van der Waals surface area contributed by atoms with Crippen LogP contribution in [0.15, 0.2) is 34.0 Å². The molecule has 9 heteroatoms. The van der Waals surface area contributed by atoms with E-state index in [1.54, 1.807) is 12.1 Å². The highest BCUT2D eigenvalue weighted by Crippen LogP contribution is 2.20.